The van der Waals surface area contributed by atoms with Crippen LogP contribution in [0.1, 0.15) is 31.5 Å². The first-order chi connectivity index (χ1) is 18.4. The minimum atomic E-state index is -0.654. The maximum Gasteiger partial charge on any atom is 0.226 e. The normalized spacial score (nSPS) is 24.7. The Kier molecular flexibility index (Phi) is 6.04. The standard InChI is InChI=1S/C30H28FN5O2/c1-18-22-9-8-21-26(20-6-4-5-7-23(20)31)34-29(35-28(21)30(22,2)17-24(32-3)27(18)37)19-10-11-33-25(16-19)36-12-14-38-15-13-36/h4-7,10-11,16-18,22H,8-9,12-15H2,1-2H3/t18-,22-,30-/m1/s1. The molecule has 0 unspecified atom stereocenters. The molecule has 3 atom stereocenters. The zero-order valence-corrected chi connectivity index (χ0v) is 21.4. The fourth-order valence-corrected chi connectivity index (χ4v) is 6.27. The average molecular weight is 510 g/mol. The van der Waals surface area contributed by atoms with Crippen LogP contribution in [0.5, 0.6) is 0 Å². The van der Waals surface area contributed by atoms with Gasteiger partial charge < -0.3 is 14.4 Å². The average Bonchev–Trinajstić information content (AvgIpc) is 2.95. The molecule has 2 aliphatic carbocycles. The number of hydrogen-bond acceptors (Lipinski definition) is 6. The molecule has 3 aliphatic rings. The Morgan fingerprint density at radius 3 is 2.74 bits per heavy atom. The third kappa shape index (κ3) is 3.89. The van der Waals surface area contributed by atoms with Crippen molar-refractivity contribution in [2.45, 2.75) is 32.1 Å². The van der Waals surface area contributed by atoms with E-state index in [4.69, 9.17) is 21.3 Å². The van der Waals surface area contributed by atoms with Crippen LogP contribution in [0.15, 0.2) is 54.4 Å². The number of halogens is 1. The maximum absolute atomic E-state index is 15.2. The zero-order valence-electron chi connectivity index (χ0n) is 21.4. The smallest absolute Gasteiger partial charge is 0.226 e. The van der Waals surface area contributed by atoms with Crippen LogP contribution in [-0.4, -0.2) is 47.0 Å². The molecule has 0 N–H and O–H groups in total. The number of nitrogens with zero attached hydrogens (tertiary/aromatic N) is 5. The Morgan fingerprint density at radius 1 is 1.18 bits per heavy atom. The van der Waals surface area contributed by atoms with Crippen molar-refractivity contribution in [1.82, 2.24) is 15.0 Å². The van der Waals surface area contributed by atoms with Crippen LogP contribution >= 0.6 is 0 Å². The third-order valence-corrected chi connectivity index (χ3v) is 8.29. The highest BCUT2D eigenvalue weighted by Gasteiger charge is 2.49. The Labute approximate surface area is 221 Å². The summed E-state index contributed by atoms with van der Waals surface area (Å²) >= 11 is 0. The summed E-state index contributed by atoms with van der Waals surface area (Å²) in [6.07, 6.45) is 4.90. The van der Waals surface area contributed by atoms with Crippen LogP contribution in [-0.2, 0) is 21.4 Å². The van der Waals surface area contributed by atoms with Crippen LogP contribution in [0.2, 0.25) is 0 Å². The van der Waals surface area contributed by atoms with E-state index < -0.39 is 5.41 Å². The van der Waals surface area contributed by atoms with Gasteiger partial charge in [-0.25, -0.2) is 24.2 Å². The van der Waals surface area contributed by atoms with E-state index in [2.05, 4.69) is 21.7 Å². The lowest BCUT2D eigenvalue weighted by Gasteiger charge is -2.46. The predicted molar refractivity (Wildman–Crippen MR) is 142 cm³/mol. The number of rotatable bonds is 3. The van der Waals surface area contributed by atoms with Crippen molar-refractivity contribution in [2.75, 3.05) is 31.2 Å². The number of hydrogen-bond donors (Lipinski definition) is 0. The summed E-state index contributed by atoms with van der Waals surface area (Å²) in [6.45, 7) is 14.4. The van der Waals surface area contributed by atoms with Gasteiger partial charge in [-0.05, 0) is 43.0 Å². The number of anilines is 1. The molecule has 1 fully saturated rings. The molecule has 0 spiro atoms. The second-order valence-electron chi connectivity index (χ2n) is 10.4. The highest BCUT2D eigenvalue weighted by molar-refractivity contribution is 6.00. The number of fused-ring (bicyclic) bond motifs is 3. The summed E-state index contributed by atoms with van der Waals surface area (Å²) in [6, 6.07) is 10.5. The van der Waals surface area contributed by atoms with Gasteiger partial charge in [0.15, 0.2) is 11.6 Å². The first-order valence-electron chi connectivity index (χ1n) is 13.0. The maximum atomic E-state index is 15.2. The number of carbonyl (C=O) groups is 1. The molecule has 3 aromatic rings. The number of allylic oxidation sites excluding steroid dienone is 2. The van der Waals surface area contributed by atoms with Gasteiger partial charge in [-0.15, -0.1) is 0 Å². The van der Waals surface area contributed by atoms with Crippen LogP contribution in [0.25, 0.3) is 27.5 Å². The number of morpholine rings is 1. The molecule has 7 nitrogen and oxygen atoms in total. The third-order valence-electron chi connectivity index (χ3n) is 8.29. The topological polar surface area (TPSA) is 72.6 Å². The minimum absolute atomic E-state index is 0.00873. The van der Waals surface area contributed by atoms with Crippen molar-refractivity contribution in [1.29, 1.82) is 0 Å². The van der Waals surface area contributed by atoms with Gasteiger partial charge in [0.05, 0.1) is 31.2 Å². The monoisotopic (exact) mass is 509 g/mol. The second kappa shape index (κ2) is 9.41. The molecule has 6 rings (SSSR count). The van der Waals surface area contributed by atoms with Crippen molar-refractivity contribution in [3.05, 3.63) is 82.9 Å². The van der Waals surface area contributed by atoms with Crippen molar-refractivity contribution in [2.24, 2.45) is 11.8 Å². The van der Waals surface area contributed by atoms with Crippen molar-refractivity contribution in [3.8, 4) is 22.6 Å². The molecule has 38 heavy (non-hydrogen) atoms. The van der Waals surface area contributed by atoms with Gasteiger partial charge in [-0.1, -0.05) is 32.1 Å². The molecule has 1 aliphatic heterocycles. The van der Waals surface area contributed by atoms with Gasteiger partial charge >= 0.3 is 0 Å². The largest absolute Gasteiger partial charge is 0.378 e. The van der Waals surface area contributed by atoms with Crippen LogP contribution < -0.4 is 4.90 Å². The van der Waals surface area contributed by atoms with Crippen molar-refractivity contribution in [3.63, 3.8) is 0 Å². The van der Waals surface area contributed by atoms with E-state index in [1.54, 1.807) is 30.5 Å². The zero-order chi connectivity index (χ0) is 26.4. The Hall–Kier alpha value is -3.96. The number of ketones is 1. The van der Waals surface area contributed by atoms with Gasteiger partial charge in [0.1, 0.15) is 11.6 Å². The van der Waals surface area contributed by atoms with Crippen molar-refractivity contribution >= 4 is 11.6 Å². The SMILES string of the molecule is [C-]#[N+]C1=C[C@@]2(C)c3nc(-c4ccnc(N5CCOCC5)c4)nc(-c4ccccc4F)c3CC[C@@H]2[C@@H](C)C1=O. The first-order valence-corrected chi connectivity index (χ1v) is 13.0. The fraction of sp³-hybridized carbons (Fsp3) is 0.367. The predicted octanol–water partition coefficient (Wildman–Crippen LogP) is 5.02. The summed E-state index contributed by atoms with van der Waals surface area (Å²) in [5.74, 6) is 0.523. The molecule has 2 aromatic heterocycles. The molecule has 3 heterocycles. The molecule has 0 radical (unpaired) electrons. The van der Waals surface area contributed by atoms with Crippen LogP contribution in [0, 0.1) is 24.2 Å². The lowest BCUT2D eigenvalue weighted by atomic mass is 9.58. The van der Waals surface area contributed by atoms with E-state index >= 15 is 4.39 Å². The van der Waals surface area contributed by atoms with Gasteiger partial charge in [-0.2, -0.15) is 0 Å². The molecule has 0 amide bonds. The summed E-state index contributed by atoms with van der Waals surface area (Å²) < 4.78 is 20.6. The van der Waals surface area contributed by atoms with Crippen LogP contribution in [0.3, 0.4) is 0 Å². The number of ether oxygens (including phenoxy) is 1. The van der Waals surface area contributed by atoms with E-state index in [-0.39, 0.29) is 29.1 Å². The number of Topliss-reactive ketones (excluding diaryl/α,β-unsaturated/α-hetero) is 1. The molecule has 0 bridgehead atoms. The Balaban J connectivity index is 1.58. The molecular formula is C30H28FN5O2. The minimum Gasteiger partial charge on any atom is -0.378 e. The van der Waals surface area contributed by atoms with Crippen molar-refractivity contribution < 1.29 is 13.9 Å². The molecule has 1 aromatic carbocycles. The highest BCUT2D eigenvalue weighted by Crippen LogP contribution is 2.51. The lowest BCUT2D eigenvalue weighted by Crippen LogP contribution is -2.46. The number of carbonyl (C=O) groups excluding carboxylic acids is 1. The van der Waals surface area contributed by atoms with E-state index in [1.807, 2.05) is 19.1 Å². The molecule has 0 saturated carbocycles. The highest BCUT2D eigenvalue weighted by atomic mass is 19.1. The summed E-state index contributed by atoms with van der Waals surface area (Å²) in [5.41, 5.74) is 2.90. The number of benzene rings is 1. The van der Waals surface area contributed by atoms with E-state index in [0.29, 0.717) is 36.7 Å². The van der Waals surface area contributed by atoms with Gasteiger partial charge in [0.25, 0.3) is 0 Å². The number of aromatic nitrogens is 3. The quantitative estimate of drug-likeness (QED) is 0.462. The van der Waals surface area contributed by atoms with Gasteiger partial charge in [0.2, 0.25) is 5.70 Å². The molecule has 1 saturated heterocycles. The van der Waals surface area contributed by atoms with E-state index in [1.165, 1.54) is 6.07 Å². The summed E-state index contributed by atoms with van der Waals surface area (Å²) in [4.78, 5) is 33.2. The van der Waals surface area contributed by atoms with Crippen LogP contribution in [0.4, 0.5) is 10.2 Å². The fourth-order valence-electron chi connectivity index (χ4n) is 6.27. The summed E-state index contributed by atoms with van der Waals surface area (Å²) in [5, 5.41) is 0. The van der Waals surface area contributed by atoms with E-state index in [0.717, 1.165) is 42.1 Å². The van der Waals surface area contributed by atoms with Gasteiger partial charge in [0, 0.05) is 47.3 Å². The first kappa shape index (κ1) is 24.4. The molecule has 8 heteroatoms. The Bertz CT molecular complexity index is 1510. The van der Waals surface area contributed by atoms with Gasteiger partial charge in [-0.3, -0.25) is 0 Å². The number of pyridine rings is 1. The van der Waals surface area contributed by atoms with E-state index in [9.17, 15) is 4.79 Å². The molecular weight excluding hydrogens is 481 g/mol. The second-order valence-corrected chi connectivity index (χ2v) is 10.4. The molecule has 192 valence electrons. The summed E-state index contributed by atoms with van der Waals surface area (Å²) in [7, 11) is 0. The lowest BCUT2D eigenvalue weighted by molar-refractivity contribution is -0.121. The Morgan fingerprint density at radius 2 is 1.97 bits per heavy atom.